The van der Waals surface area contributed by atoms with E-state index in [0.29, 0.717) is 28.3 Å². The summed E-state index contributed by atoms with van der Waals surface area (Å²) >= 11 is 1.24. The summed E-state index contributed by atoms with van der Waals surface area (Å²) in [5, 5.41) is 13.2. The number of methoxy groups -OCH3 is 1. The molecule has 0 fully saturated rings. The maximum absolute atomic E-state index is 13.2. The number of hydrogen-bond donors (Lipinski definition) is 1. The van der Waals surface area contributed by atoms with Crippen molar-refractivity contribution in [2.45, 2.75) is 6.92 Å². The van der Waals surface area contributed by atoms with Gasteiger partial charge in [0.15, 0.2) is 0 Å². The summed E-state index contributed by atoms with van der Waals surface area (Å²) in [7, 11) is 1.53. The van der Waals surface area contributed by atoms with E-state index in [9.17, 15) is 9.59 Å². The summed E-state index contributed by atoms with van der Waals surface area (Å²) in [6, 6.07) is 11.9. The van der Waals surface area contributed by atoms with Gasteiger partial charge in [0, 0.05) is 5.56 Å². The van der Waals surface area contributed by atoms with Crippen LogP contribution in [-0.2, 0) is 0 Å². The zero-order valence-corrected chi connectivity index (χ0v) is 16.1. The molecule has 2 aromatic carbocycles. The summed E-state index contributed by atoms with van der Waals surface area (Å²) in [5.74, 6) is 0.593. The molecule has 10 heteroatoms. The van der Waals surface area contributed by atoms with E-state index in [4.69, 9.17) is 14.6 Å². The molecule has 0 saturated carbocycles. The topological polar surface area (TPSA) is 116 Å². The third kappa shape index (κ3) is 3.41. The second-order valence-corrected chi connectivity index (χ2v) is 6.78. The Morgan fingerprint density at radius 1 is 1.17 bits per heavy atom. The van der Waals surface area contributed by atoms with Gasteiger partial charge in [-0.2, -0.15) is 0 Å². The standard InChI is InChI=1S/C19H14N4O5S/c1-10-20-16(11-3-6-13(27-2)7-4-11)17(28-19(25)26)18(24)23(10)12-5-8-15-14(9-12)21-22-29-15/h3-9H,1-2H3,(H,25,26). The van der Waals surface area contributed by atoms with Crippen LogP contribution in [0.3, 0.4) is 0 Å². The van der Waals surface area contributed by atoms with E-state index in [2.05, 4.69) is 14.6 Å². The summed E-state index contributed by atoms with van der Waals surface area (Å²) in [5.41, 5.74) is 1.11. The van der Waals surface area contributed by atoms with Crippen LogP contribution in [0.5, 0.6) is 11.5 Å². The van der Waals surface area contributed by atoms with Crippen molar-refractivity contribution in [1.82, 2.24) is 19.1 Å². The molecule has 0 spiro atoms. The van der Waals surface area contributed by atoms with Gasteiger partial charge in [-0.25, -0.2) is 9.78 Å². The van der Waals surface area contributed by atoms with Crippen LogP contribution in [-0.4, -0.2) is 37.5 Å². The van der Waals surface area contributed by atoms with E-state index in [0.717, 1.165) is 4.70 Å². The number of ether oxygens (including phenoxy) is 2. The lowest BCUT2D eigenvalue weighted by atomic mass is 10.1. The fourth-order valence-electron chi connectivity index (χ4n) is 2.95. The molecule has 146 valence electrons. The molecule has 2 aromatic heterocycles. The fraction of sp³-hybridized carbons (Fsp3) is 0.105. The van der Waals surface area contributed by atoms with Crippen LogP contribution in [0.15, 0.2) is 47.3 Å². The number of carbonyl (C=O) groups is 1. The van der Waals surface area contributed by atoms with E-state index >= 15 is 0 Å². The third-order valence-electron chi connectivity index (χ3n) is 4.25. The van der Waals surface area contributed by atoms with Crippen LogP contribution in [0.25, 0.3) is 27.2 Å². The average molecular weight is 410 g/mol. The first kappa shape index (κ1) is 18.6. The first-order chi connectivity index (χ1) is 14.0. The van der Waals surface area contributed by atoms with Gasteiger partial charge >= 0.3 is 11.7 Å². The van der Waals surface area contributed by atoms with Gasteiger partial charge < -0.3 is 14.6 Å². The van der Waals surface area contributed by atoms with Gasteiger partial charge in [-0.3, -0.25) is 9.36 Å². The summed E-state index contributed by atoms with van der Waals surface area (Å²) < 4.78 is 16.0. The normalized spacial score (nSPS) is 10.8. The highest BCUT2D eigenvalue weighted by atomic mass is 32.1. The highest BCUT2D eigenvalue weighted by Gasteiger charge is 2.21. The Morgan fingerprint density at radius 3 is 2.62 bits per heavy atom. The van der Waals surface area contributed by atoms with Gasteiger partial charge in [0.05, 0.1) is 17.5 Å². The predicted molar refractivity (Wildman–Crippen MR) is 106 cm³/mol. The van der Waals surface area contributed by atoms with Crippen LogP contribution in [0, 0.1) is 6.92 Å². The highest BCUT2D eigenvalue weighted by molar-refractivity contribution is 7.12. The molecule has 0 saturated heterocycles. The van der Waals surface area contributed by atoms with Crippen LogP contribution < -0.4 is 15.0 Å². The molecule has 4 aromatic rings. The number of carboxylic acid groups (broad SMARTS) is 1. The molecular weight excluding hydrogens is 396 g/mol. The molecule has 29 heavy (non-hydrogen) atoms. The predicted octanol–water partition coefficient (Wildman–Crippen LogP) is 3.28. The Bertz CT molecular complexity index is 1280. The minimum atomic E-state index is -1.60. The van der Waals surface area contributed by atoms with Crippen molar-refractivity contribution >= 4 is 27.9 Å². The lowest BCUT2D eigenvalue weighted by molar-refractivity contribution is 0.143. The first-order valence-electron chi connectivity index (χ1n) is 8.39. The third-order valence-corrected chi connectivity index (χ3v) is 4.96. The Kier molecular flexibility index (Phi) is 4.69. The number of hydrogen-bond acceptors (Lipinski definition) is 8. The van der Waals surface area contributed by atoms with Crippen LogP contribution in [0.1, 0.15) is 5.82 Å². The van der Waals surface area contributed by atoms with Crippen molar-refractivity contribution in [3.8, 4) is 28.4 Å². The highest BCUT2D eigenvalue weighted by Crippen LogP contribution is 2.28. The van der Waals surface area contributed by atoms with Gasteiger partial charge in [-0.15, -0.1) is 5.10 Å². The van der Waals surface area contributed by atoms with Crippen molar-refractivity contribution in [3.63, 3.8) is 0 Å². The smallest absolute Gasteiger partial charge is 0.497 e. The Labute approximate surface area is 168 Å². The first-order valence-corrected chi connectivity index (χ1v) is 9.16. The second kappa shape index (κ2) is 7.32. The molecule has 1 N–H and O–H groups in total. The van der Waals surface area contributed by atoms with Crippen molar-refractivity contribution < 1.29 is 19.4 Å². The Morgan fingerprint density at radius 2 is 1.93 bits per heavy atom. The van der Waals surface area contributed by atoms with Gasteiger partial charge in [0.25, 0.3) is 0 Å². The number of nitrogens with zero attached hydrogens (tertiary/aromatic N) is 4. The molecule has 9 nitrogen and oxygen atoms in total. The molecule has 0 radical (unpaired) electrons. The number of aromatic nitrogens is 4. The lowest BCUT2D eigenvalue weighted by Gasteiger charge is -2.14. The minimum Gasteiger partial charge on any atom is -0.497 e. The Hall–Kier alpha value is -3.79. The van der Waals surface area contributed by atoms with Gasteiger partial charge in [-0.05, 0) is 60.9 Å². The van der Waals surface area contributed by atoms with Gasteiger partial charge in [-0.1, -0.05) is 4.49 Å². The van der Waals surface area contributed by atoms with Crippen LogP contribution in [0.4, 0.5) is 4.79 Å². The van der Waals surface area contributed by atoms with E-state index in [1.165, 1.54) is 23.2 Å². The van der Waals surface area contributed by atoms with Gasteiger partial charge in [0.2, 0.25) is 5.75 Å². The number of fused-ring (bicyclic) bond motifs is 1. The summed E-state index contributed by atoms with van der Waals surface area (Å²) in [6.45, 7) is 1.66. The molecular formula is C19H14N4O5S. The molecule has 0 unspecified atom stereocenters. The molecule has 0 aliphatic carbocycles. The van der Waals surface area contributed by atoms with Crippen LogP contribution in [0.2, 0.25) is 0 Å². The van der Waals surface area contributed by atoms with Crippen molar-refractivity contribution in [1.29, 1.82) is 0 Å². The van der Waals surface area contributed by atoms with Crippen molar-refractivity contribution in [3.05, 3.63) is 58.6 Å². The molecule has 4 rings (SSSR count). The molecule has 2 heterocycles. The number of rotatable bonds is 4. The maximum atomic E-state index is 13.2. The van der Waals surface area contributed by atoms with E-state index in [1.807, 2.05) is 0 Å². The van der Waals surface area contributed by atoms with E-state index < -0.39 is 11.7 Å². The lowest BCUT2D eigenvalue weighted by Crippen LogP contribution is -2.26. The SMILES string of the molecule is COc1ccc(-c2nc(C)n(-c3ccc4snnc4c3)c(=O)c2OC(=O)O)cc1. The number of aryl methyl sites for hydroxylation is 1. The average Bonchev–Trinajstić information content (AvgIpc) is 3.18. The van der Waals surface area contributed by atoms with Crippen LogP contribution >= 0.6 is 11.5 Å². The van der Waals surface area contributed by atoms with Crippen molar-refractivity contribution in [2.24, 2.45) is 0 Å². The molecule has 0 amide bonds. The Balaban J connectivity index is 1.93. The minimum absolute atomic E-state index is 0.130. The van der Waals surface area contributed by atoms with E-state index in [-0.39, 0.29) is 11.4 Å². The number of benzene rings is 2. The maximum Gasteiger partial charge on any atom is 0.511 e. The second-order valence-electron chi connectivity index (χ2n) is 6.00. The zero-order chi connectivity index (χ0) is 20.5. The van der Waals surface area contributed by atoms with E-state index in [1.54, 1.807) is 49.4 Å². The summed E-state index contributed by atoms with van der Waals surface area (Å²) in [6.07, 6.45) is -1.60. The molecule has 0 aliphatic rings. The van der Waals surface area contributed by atoms with Crippen molar-refractivity contribution in [2.75, 3.05) is 7.11 Å². The molecule has 0 atom stereocenters. The monoisotopic (exact) mass is 410 g/mol. The molecule has 0 bridgehead atoms. The summed E-state index contributed by atoms with van der Waals surface area (Å²) in [4.78, 5) is 28.9. The van der Waals surface area contributed by atoms with Gasteiger partial charge in [0.1, 0.15) is 22.8 Å². The zero-order valence-electron chi connectivity index (χ0n) is 15.3. The molecule has 0 aliphatic heterocycles. The largest absolute Gasteiger partial charge is 0.511 e. The fourth-order valence-corrected chi connectivity index (χ4v) is 3.49. The quantitative estimate of drug-likeness (QED) is 0.510.